The molecule has 0 atom stereocenters. The lowest BCUT2D eigenvalue weighted by Crippen LogP contribution is -2.45. The summed E-state index contributed by atoms with van der Waals surface area (Å²) >= 11 is 6.31. The zero-order valence-corrected chi connectivity index (χ0v) is 25.8. The highest BCUT2D eigenvalue weighted by Crippen LogP contribution is 2.49. The van der Waals surface area contributed by atoms with E-state index in [-0.39, 0.29) is 25.0 Å². The van der Waals surface area contributed by atoms with Crippen LogP contribution in [0.15, 0.2) is 42.5 Å². The Morgan fingerprint density at radius 1 is 0.978 bits per heavy atom. The van der Waals surface area contributed by atoms with Gasteiger partial charge in [-0.2, -0.15) is 28.1 Å². The van der Waals surface area contributed by atoms with Crippen LogP contribution in [0.3, 0.4) is 0 Å². The third-order valence-electron chi connectivity index (χ3n) is 6.87. The van der Waals surface area contributed by atoms with E-state index in [1.165, 1.54) is 19.2 Å². The summed E-state index contributed by atoms with van der Waals surface area (Å²) in [5, 5.41) is 11.6. The van der Waals surface area contributed by atoms with Gasteiger partial charge in [-0.05, 0) is 60.2 Å². The van der Waals surface area contributed by atoms with Gasteiger partial charge in [0.1, 0.15) is 5.75 Å². The first-order chi connectivity index (χ1) is 21.6. The number of primary amides is 1. The first-order valence-corrected chi connectivity index (χ1v) is 14.3. The summed E-state index contributed by atoms with van der Waals surface area (Å²) < 4.78 is 48.7. The van der Waals surface area contributed by atoms with E-state index in [0.717, 1.165) is 5.56 Å². The third kappa shape index (κ3) is 9.32. The number of ether oxygens (including phenoxy) is 2. The van der Waals surface area contributed by atoms with Crippen LogP contribution < -0.4 is 36.5 Å². The largest absolute Gasteiger partial charge is 0.495 e. The van der Waals surface area contributed by atoms with Crippen molar-refractivity contribution in [3.05, 3.63) is 58.6 Å². The molecule has 0 spiro atoms. The molecule has 1 aromatic heterocycles. The molecular formula is C29H32ClF3N8O5. The van der Waals surface area contributed by atoms with Gasteiger partial charge in [0.05, 0.1) is 17.7 Å². The van der Waals surface area contributed by atoms with Crippen LogP contribution in [0.5, 0.6) is 11.8 Å². The number of hydrogen-bond donors (Lipinski definition) is 5. The molecule has 17 heteroatoms. The molecule has 246 valence electrons. The fourth-order valence-corrected chi connectivity index (χ4v) is 4.45. The van der Waals surface area contributed by atoms with Crippen molar-refractivity contribution in [1.29, 1.82) is 0 Å². The molecule has 3 aromatic rings. The van der Waals surface area contributed by atoms with Gasteiger partial charge in [-0.1, -0.05) is 31.5 Å². The number of nitrogens with zero attached hydrogens (tertiary/aromatic N) is 3. The molecule has 1 fully saturated rings. The Bertz CT molecular complexity index is 1600. The van der Waals surface area contributed by atoms with Crippen LogP contribution in [0.2, 0.25) is 5.02 Å². The number of halogens is 4. The van der Waals surface area contributed by atoms with Crippen LogP contribution in [0.25, 0.3) is 0 Å². The van der Waals surface area contributed by atoms with Gasteiger partial charge in [-0.3, -0.25) is 14.4 Å². The molecule has 1 heterocycles. The van der Waals surface area contributed by atoms with Crippen LogP contribution in [0.4, 0.5) is 30.8 Å². The van der Waals surface area contributed by atoms with Crippen molar-refractivity contribution in [3.8, 4) is 11.8 Å². The molecule has 1 aliphatic carbocycles. The molecular weight excluding hydrogens is 633 g/mol. The lowest BCUT2D eigenvalue weighted by molar-refractivity contribution is -0.154. The summed E-state index contributed by atoms with van der Waals surface area (Å²) in [5.41, 5.74) is 5.30. The Morgan fingerprint density at radius 2 is 1.63 bits per heavy atom. The van der Waals surface area contributed by atoms with Crippen LogP contribution in [0, 0.1) is 5.41 Å². The van der Waals surface area contributed by atoms with Gasteiger partial charge in [0.25, 0.3) is 5.91 Å². The van der Waals surface area contributed by atoms with E-state index in [1.807, 2.05) is 6.07 Å². The number of nitrogens with two attached hydrogens (primary N) is 1. The topological polar surface area (TPSA) is 182 Å². The number of carbonyl (C=O) groups excluding carboxylic acids is 3. The summed E-state index contributed by atoms with van der Waals surface area (Å²) in [6.07, 6.45) is -3.24. The van der Waals surface area contributed by atoms with Crippen molar-refractivity contribution in [3.63, 3.8) is 0 Å². The number of nitrogens with one attached hydrogen (secondary N) is 4. The highest BCUT2D eigenvalue weighted by Gasteiger charge is 2.45. The van der Waals surface area contributed by atoms with E-state index in [1.54, 1.807) is 38.1 Å². The van der Waals surface area contributed by atoms with Crippen molar-refractivity contribution >= 4 is 46.9 Å². The quantitative estimate of drug-likeness (QED) is 0.169. The van der Waals surface area contributed by atoms with Gasteiger partial charge in [-0.25, -0.2) is 0 Å². The Balaban J connectivity index is 1.46. The molecule has 1 aliphatic rings. The van der Waals surface area contributed by atoms with E-state index in [0.29, 0.717) is 34.9 Å². The molecule has 0 aliphatic heterocycles. The van der Waals surface area contributed by atoms with Gasteiger partial charge < -0.3 is 36.5 Å². The Hall–Kier alpha value is -4.86. The first-order valence-electron chi connectivity index (χ1n) is 13.9. The molecule has 0 unspecified atom stereocenters. The molecule has 4 rings (SSSR count). The zero-order chi connectivity index (χ0) is 33.7. The normalized spacial score (nSPS) is 13.7. The number of amides is 3. The number of carbonyl (C=O) groups is 3. The summed E-state index contributed by atoms with van der Waals surface area (Å²) in [5.74, 6) is -2.05. The van der Waals surface area contributed by atoms with Crippen molar-refractivity contribution in [1.82, 2.24) is 25.6 Å². The maximum Gasteiger partial charge on any atom is 0.422 e. The average molecular weight is 665 g/mol. The molecule has 6 N–H and O–H groups in total. The van der Waals surface area contributed by atoms with Crippen molar-refractivity contribution in [2.24, 2.45) is 11.1 Å². The first kappa shape index (κ1) is 34.0. The molecule has 0 saturated heterocycles. The Morgan fingerprint density at radius 3 is 2.22 bits per heavy atom. The fourth-order valence-electron chi connectivity index (χ4n) is 4.19. The molecule has 2 aromatic carbocycles. The second kappa shape index (κ2) is 13.6. The zero-order valence-electron chi connectivity index (χ0n) is 25.0. The minimum atomic E-state index is -4.62. The van der Waals surface area contributed by atoms with Gasteiger partial charge in [0.2, 0.25) is 11.9 Å². The smallest absolute Gasteiger partial charge is 0.422 e. The summed E-state index contributed by atoms with van der Waals surface area (Å²) in [6.45, 7) is 2.24. The number of aromatic nitrogens is 3. The summed E-state index contributed by atoms with van der Waals surface area (Å²) in [6, 6.07) is 10.9. The van der Waals surface area contributed by atoms with Crippen LogP contribution in [0.1, 0.15) is 42.6 Å². The lowest BCUT2D eigenvalue weighted by atomic mass is 9.93. The molecule has 1 saturated carbocycles. The minimum Gasteiger partial charge on any atom is -0.495 e. The SMILES string of the molecule is COc1ccc(C2(Nc3nc(Nc4ccc(C(=O)NCC(C)(C)CNC(=O)C(N)=O)cc4)nc(OCC(F)(F)F)n3)CC2)cc1Cl. The molecule has 46 heavy (non-hydrogen) atoms. The predicted octanol–water partition coefficient (Wildman–Crippen LogP) is 3.68. The lowest BCUT2D eigenvalue weighted by Gasteiger charge is -2.25. The number of anilines is 3. The maximum atomic E-state index is 12.9. The second-order valence-electron chi connectivity index (χ2n) is 11.3. The Labute approximate surface area is 266 Å². The minimum absolute atomic E-state index is 0.0234. The summed E-state index contributed by atoms with van der Waals surface area (Å²) in [7, 11) is 1.50. The van der Waals surface area contributed by atoms with Gasteiger partial charge >= 0.3 is 24.0 Å². The standard InChI is InChI=1S/C29H32ClF3N8O5/c1-27(2,14-36-23(44)21(34)42)13-35-22(43)16-4-7-18(8-5-16)37-24-38-25(40-26(39-24)46-15-29(31,32)33)41-28(10-11-28)17-6-9-20(45-3)19(30)12-17/h4-9,12H,10-11,13-15H2,1-3H3,(H2,34,42)(H,35,43)(H,36,44)(H2,37,38,39,40,41). The van der Waals surface area contributed by atoms with Crippen molar-refractivity contribution in [2.75, 3.05) is 37.4 Å². The van der Waals surface area contributed by atoms with Gasteiger partial charge in [0, 0.05) is 24.3 Å². The van der Waals surface area contributed by atoms with E-state index >= 15 is 0 Å². The molecule has 0 radical (unpaired) electrons. The third-order valence-corrected chi connectivity index (χ3v) is 7.16. The molecule has 0 bridgehead atoms. The van der Waals surface area contributed by atoms with Crippen LogP contribution in [-0.2, 0) is 15.1 Å². The number of rotatable bonds is 13. The maximum absolute atomic E-state index is 12.9. The molecule has 13 nitrogen and oxygen atoms in total. The van der Waals surface area contributed by atoms with Gasteiger partial charge in [-0.15, -0.1) is 0 Å². The van der Waals surface area contributed by atoms with E-state index in [2.05, 4.69) is 36.2 Å². The average Bonchev–Trinajstić information content (AvgIpc) is 3.78. The van der Waals surface area contributed by atoms with E-state index in [9.17, 15) is 27.6 Å². The van der Waals surface area contributed by atoms with Gasteiger partial charge in [0.15, 0.2) is 6.61 Å². The highest BCUT2D eigenvalue weighted by atomic mass is 35.5. The van der Waals surface area contributed by atoms with Crippen LogP contribution >= 0.6 is 11.6 Å². The monoisotopic (exact) mass is 664 g/mol. The number of alkyl halides is 3. The number of hydrogen-bond acceptors (Lipinski definition) is 10. The Kier molecular flexibility index (Phi) is 10.1. The van der Waals surface area contributed by atoms with E-state index < -0.39 is 47.5 Å². The van der Waals surface area contributed by atoms with Crippen LogP contribution in [-0.4, -0.2) is 65.7 Å². The number of methoxy groups -OCH3 is 1. The van der Waals surface area contributed by atoms with Crippen molar-refractivity contribution < 1.29 is 37.0 Å². The summed E-state index contributed by atoms with van der Waals surface area (Å²) in [4.78, 5) is 47.4. The molecule has 3 amide bonds. The second-order valence-corrected chi connectivity index (χ2v) is 11.7. The fraction of sp³-hybridized carbons (Fsp3) is 0.379. The number of benzene rings is 2. The highest BCUT2D eigenvalue weighted by molar-refractivity contribution is 6.34. The van der Waals surface area contributed by atoms with Crippen molar-refractivity contribution in [2.45, 2.75) is 38.4 Å². The predicted molar refractivity (Wildman–Crippen MR) is 162 cm³/mol. The van der Waals surface area contributed by atoms with E-state index in [4.69, 9.17) is 26.8 Å².